The van der Waals surface area contributed by atoms with Gasteiger partial charge in [0.05, 0.1) is 18.9 Å². The van der Waals surface area contributed by atoms with Crippen LogP contribution < -0.4 is 4.74 Å². The number of rotatable bonds is 6. The first-order chi connectivity index (χ1) is 14.7. The number of aryl methyl sites for hydroxylation is 2. The molecule has 4 rings (SSSR count). The molecule has 2 aliphatic rings. The zero-order valence-corrected chi connectivity index (χ0v) is 18.2. The van der Waals surface area contributed by atoms with E-state index in [4.69, 9.17) is 4.74 Å². The van der Waals surface area contributed by atoms with Crippen LogP contribution in [0.4, 0.5) is 0 Å². The monoisotopic (exact) mass is 421 g/mol. The number of nitriles is 1. The van der Waals surface area contributed by atoms with E-state index in [2.05, 4.69) is 29.2 Å². The van der Waals surface area contributed by atoms with Crippen LogP contribution in [0.5, 0.6) is 5.75 Å². The van der Waals surface area contributed by atoms with Crippen molar-refractivity contribution in [2.75, 3.05) is 39.0 Å². The van der Waals surface area contributed by atoms with E-state index in [1.54, 1.807) is 18.9 Å². The molecule has 1 aliphatic carbocycles. The molecule has 156 valence electrons. The Morgan fingerprint density at radius 3 is 2.53 bits per heavy atom. The van der Waals surface area contributed by atoms with E-state index < -0.39 is 0 Å². The van der Waals surface area contributed by atoms with Gasteiger partial charge in [-0.25, -0.2) is 0 Å². The molecule has 1 unspecified atom stereocenters. The molecule has 1 aliphatic heterocycles. The first-order valence-electron chi connectivity index (χ1n) is 10.5. The molecule has 1 atom stereocenters. The van der Waals surface area contributed by atoms with Gasteiger partial charge in [-0.05, 0) is 60.2 Å². The Hall–Kier alpha value is -2.49. The molecule has 0 aromatic heterocycles. The van der Waals surface area contributed by atoms with Crippen LogP contribution in [0.1, 0.15) is 29.2 Å². The van der Waals surface area contributed by atoms with E-state index in [-0.39, 0.29) is 11.9 Å². The van der Waals surface area contributed by atoms with E-state index in [0.717, 1.165) is 17.7 Å². The number of hydrogen-bond donors (Lipinski definition) is 0. The molecular weight excluding hydrogens is 394 g/mol. The number of fused-ring (bicyclic) bond motifs is 1. The van der Waals surface area contributed by atoms with Gasteiger partial charge in [0.2, 0.25) is 5.91 Å². The number of carbonyl (C=O) groups is 1. The van der Waals surface area contributed by atoms with Gasteiger partial charge in [-0.15, -0.1) is 11.8 Å². The fourth-order valence-corrected chi connectivity index (χ4v) is 5.12. The highest BCUT2D eigenvalue weighted by Crippen LogP contribution is 2.28. The molecule has 1 heterocycles. The third kappa shape index (κ3) is 4.63. The Kier molecular flexibility index (Phi) is 6.61. The average Bonchev–Trinajstić information content (AvgIpc) is 3.27. The number of piperazine rings is 1. The van der Waals surface area contributed by atoms with Crippen molar-refractivity contribution in [3.8, 4) is 11.8 Å². The van der Waals surface area contributed by atoms with E-state index in [1.165, 1.54) is 28.9 Å². The minimum Gasteiger partial charge on any atom is -0.497 e. The number of benzene rings is 2. The molecule has 1 amide bonds. The van der Waals surface area contributed by atoms with Crippen LogP contribution in [-0.4, -0.2) is 54.7 Å². The molecular formula is C24H27N3O2S. The van der Waals surface area contributed by atoms with Gasteiger partial charge in [-0.3, -0.25) is 9.69 Å². The second-order valence-electron chi connectivity index (χ2n) is 7.79. The van der Waals surface area contributed by atoms with E-state index in [9.17, 15) is 10.1 Å². The summed E-state index contributed by atoms with van der Waals surface area (Å²) in [5, 5.41) is 9.70. The summed E-state index contributed by atoms with van der Waals surface area (Å²) < 4.78 is 5.20. The highest BCUT2D eigenvalue weighted by atomic mass is 32.2. The first kappa shape index (κ1) is 20.8. The SMILES string of the molecule is COc1ccc(C(C#N)N2CCN(C(=O)CSc3ccc4c(c3)CCC4)CC2)cc1. The van der Waals surface area contributed by atoms with Crippen molar-refractivity contribution in [3.63, 3.8) is 0 Å². The van der Waals surface area contributed by atoms with Crippen molar-refractivity contribution in [1.82, 2.24) is 9.80 Å². The second-order valence-corrected chi connectivity index (χ2v) is 8.84. The van der Waals surface area contributed by atoms with E-state index >= 15 is 0 Å². The lowest BCUT2D eigenvalue weighted by atomic mass is 10.1. The fourth-order valence-electron chi connectivity index (χ4n) is 4.26. The lowest BCUT2D eigenvalue weighted by Crippen LogP contribution is -2.50. The molecule has 1 fully saturated rings. The van der Waals surface area contributed by atoms with Crippen molar-refractivity contribution in [3.05, 3.63) is 59.2 Å². The van der Waals surface area contributed by atoms with Crippen LogP contribution in [0, 0.1) is 11.3 Å². The first-order valence-corrected chi connectivity index (χ1v) is 11.5. The van der Waals surface area contributed by atoms with Gasteiger partial charge in [0.25, 0.3) is 0 Å². The Bertz CT molecular complexity index is 930. The quantitative estimate of drug-likeness (QED) is 0.666. The lowest BCUT2D eigenvalue weighted by Gasteiger charge is -2.37. The highest BCUT2D eigenvalue weighted by Gasteiger charge is 2.27. The van der Waals surface area contributed by atoms with Crippen LogP contribution >= 0.6 is 11.8 Å². The minimum atomic E-state index is -0.297. The van der Waals surface area contributed by atoms with E-state index in [0.29, 0.717) is 31.9 Å². The van der Waals surface area contributed by atoms with Crippen molar-refractivity contribution >= 4 is 17.7 Å². The van der Waals surface area contributed by atoms with Crippen molar-refractivity contribution in [1.29, 1.82) is 5.26 Å². The number of thioether (sulfide) groups is 1. The topological polar surface area (TPSA) is 56.6 Å². The van der Waals surface area contributed by atoms with Gasteiger partial charge >= 0.3 is 0 Å². The van der Waals surface area contributed by atoms with Gasteiger partial charge in [0.1, 0.15) is 11.8 Å². The van der Waals surface area contributed by atoms with Crippen molar-refractivity contribution < 1.29 is 9.53 Å². The maximum Gasteiger partial charge on any atom is 0.233 e. The molecule has 0 spiro atoms. The van der Waals surface area contributed by atoms with Crippen LogP contribution in [0.25, 0.3) is 0 Å². The summed E-state index contributed by atoms with van der Waals surface area (Å²) in [5.41, 5.74) is 3.87. The number of amides is 1. The standard InChI is InChI=1S/C24H27N3O2S/c1-29-21-8-5-19(6-9-21)23(16-25)26-11-13-27(14-12-26)24(28)17-30-22-10-7-18-3-2-4-20(18)15-22/h5-10,15,23H,2-4,11-14,17H2,1H3. The molecule has 0 saturated carbocycles. The highest BCUT2D eigenvalue weighted by molar-refractivity contribution is 8.00. The zero-order chi connectivity index (χ0) is 20.9. The zero-order valence-electron chi connectivity index (χ0n) is 17.3. The molecule has 2 aromatic carbocycles. The smallest absolute Gasteiger partial charge is 0.233 e. The largest absolute Gasteiger partial charge is 0.497 e. The summed E-state index contributed by atoms with van der Waals surface area (Å²) >= 11 is 1.63. The maximum absolute atomic E-state index is 12.7. The third-order valence-electron chi connectivity index (χ3n) is 6.02. The Balaban J connectivity index is 1.29. The van der Waals surface area contributed by atoms with Gasteiger partial charge in [-0.1, -0.05) is 18.2 Å². The number of hydrogen-bond acceptors (Lipinski definition) is 5. The lowest BCUT2D eigenvalue weighted by molar-refractivity contribution is -0.130. The summed E-state index contributed by atoms with van der Waals surface area (Å²) in [5.74, 6) is 1.43. The van der Waals surface area contributed by atoms with Gasteiger partial charge in [-0.2, -0.15) is 5.26 Å². The number of methoxy groups -OCH3 is 1. The molecule has 5 nitrogen and oxygen atoms in total. The van der Waals surface area contributed by atoms with Gasteiger partial charge in [0.15, 0.2) is 0 Å². The van der Waals surface area contributed by atoms with Gasteiger partial charge in [0, 0.05) is 31.1 Å². The molecule has 0 bridgehead atoms. The van der Waals surface area contributed by atoms with Crippen LogP contribution in [-0.2, 0) is 17.6 Å². The predicted octanol–water partition coefficient (Wildman–Crippen LogP) is 3.69. The van der Waals surface area contributed by atoms with Gasteiger partial charge < -0.3 is 9.64 Å². The number of ether oxygens (including phenoxy) is 1. The van der Waals surface area contributed by atoms with Crippen LogP contribution in [0.15, 0.2) is 47.4 Å². The molecule has 30 heavy (non-hydrogen) atoms. The maximum atomic E-state index is 12.7. The molecule has 1 saturated heterocycles. The number of nitrogens with zero attached hydrogens (tertiary/aromatic N) is 3. The summed E-state index contributed by atoms with van der Waals surface area (Å²) in [6.45, 7) is 2.74. The number of carbonyl (C=O) groups excluding carboxylic acids is 1. The summed E-state index contributed by atoms with van der Waals surface area (Å²) in [4.78, 5) is 18.0. The normalized spacial score (nSPS) is 17.3. The van der Waals surface area contributed by atoms with Crippen molar-refractivity contribution in [2.24, 2.45) is 0 Å². The van der Waals surface area contributed by atoms with Crippen LogP contribution in [0.2, 0.25) is 0 Å². The summed E-state index contributed by atoms with van der Waals surface area (Å²) in [6, 6.07) is 16.4. The van der Waals surface area contributed by atoms with Crippen LogP contribution in [0.3, 0.4) is 0 Å². The summed E-state index contributed by atoms with van der Waals surface area (Å²) in [7, 11) is 1.63. The minimum absolute atomic E-state index is 0.179. The third-order valence-corrected chi connectivity index (χ3v) is 7.00. The Morgan fingerprint density at radius 1 is 1.10 bits per heavy atom. The molecule has 2 aromatic rings. The Morgan fingerprint density at radius 2 is 1.83 bits per heavy atom. The molecule has 0 N–H and O–H groups in total. The predicted molar refractivity (Wildman–Crippen MR) is 119 cm³/mol. The van der Waals surface area contributed by atoms with Crippen molar-refractivity contribution in [2.45, 2.75) is 30.2 Å². The second kappa shape index (κ2) is 9.55. The average molecular weight is 422 g/mol. The Labute approximate surface area is 182 Å². The molecule has 0 radical (unpaired) electrons. The van der Waals surface area contributed by atoms with E-state index in [1.807, 2.05) is 29.2 Å². The summed E-state index contributed by atoms with van der Waals surface area (Å²) in [6.07, 6.45) is 3.59. The molecule has 6 heteroatoms. The fraction of sp³-hybridized carbons (Fsp3) is 0.417.